The van der Waals surface area contributed by atoms with E-state index in [9.17, 15) is 9.59 Å². The second-order valence-corrected chi connectivity index (χ2v) is 7.25. The Morgan fingerprint density at radius 3 is 2.22 bits per heavy atom. The highest BCUT2D eigenvalue weighted by Crippen LogP contribution is 2.24. The van der Waals surface area contributed by atoms with Gasteiger partial charge in [-0.25, -0.2) is 0 Å². The lowest BCUT2D eigenvalue weighted by molar-refractivity contribution is -0.881. The first-order chi connectivity index (χ1) is 10.6. The number of rotatable bonds is 6. The third-order valence-electron chi connectivity index (χ3n) is 3.04. The molecule has 3 N–H and O–H groups in total. The Balaban J connectivity index is 2.56. The van der Waals surface area contributed by atoms with Gasteiger partial charge in [0.2, 0.25) is 0 Å². The first-order valence-electron chi connectivity index (χ1n) is 7.50. The number of carbonyl (C=O) groups excluding carboxylic acids is 2. The molecule has 0 aliphatic carbocycles. The van der Waals surface area contributed by atoms with Gasteiger partial charge in [0.25, 0.3) is 11.8 Å². The number of anilines is 1. The molecule has 0 spiro atoms. The van der Waals surface area contributed by atoms with Gasteiger partial charge in [0, 0.05) is 11.2 Å². The number of hydrogen-bond acceptors (Lipinski definition) is 2. The van der Waals surface area contributed by atoms with Crippen LogP contribution in [-0.2, 0) is 9.59 Å². The van der Waals surface area contributed by atoms with Gasteiger partial charge in [-0.3, -0.25) is 9.59 Å². The zero-order valence-electron chi connectivity index (χ0n) is 13.9. The zero-order valence-corrected chi connectivity index (χ0v) is 15.4. The number of nitrogens with one attached hydrogen (secondary N) is 3. The van der Waals surface area contributed by atoms with Crippen LogP contribution in [0, 0.1) is 0 Å². The summed E-state index contributed by atoms with van der Waals surface area (Å²) in [6.07, 6.45) is 0. The third-order valence-corrected chi connectivity index (χ3v) is 3.78. The lowest BCUT2D eigenvalue weighted by Crippen LogP contribution is -3.14. The average molecular weight is 361 g/mol. The van der Waals surface area contributed by atoms with E-state index in [-0.39, 0.29) is 30.4 Å². The molecule has 0 aliphatic heterocycles. The highest BCUT2D eigenvalue weighted by Gasteiger charge is 2.20. The SMILES string of the molecule is CC[NH+](CC(=O)Nc1ccc(Cl)c(Cl)c1)CC(=O)NC(C)(C)C. The molecule has 0 saturated carbocycles. The van der Waals surface area contributed by atoms with Crippen LogP contribution in [0.3, 0.4) is 0 Å². The first-order valence-corrected chi connectivity index (χ1v) is 8.26. The molecule has 5 nitrogen and oxygen atoms in total. The molecule has 1 rings (SSSR count). The number of quaternary nitrogens is 1. The quantitative estimate of drug-likeness (QED) is 0.723. The smallest absolute Gasteiger partial charge is 0.279 e. The summed E-state index contributed by atoms with van der Waals surface area (Å²) in [4.78, 5) is 24.9. The van der Waals surface area contributed by atoms with Crippen molar-refractivity contribution in [2.45, 2.75) is 33.2 Å². The fourth-order valence-corrected chi connectivity index (χ4v) is 2.31. The standard InChI is InChI=1S/C16H23Cl2N3O2/c1-5-21(10-15(23)20-16(2,3)4)9-14(22)19-11-6-7-12(17)13(18)8-11/h6-8H,5,9-10H2,1-4H3,(H,19,22)(H,20,23)/p+1. The van der Waals surface area contributed by atoms with Crippen LogP contribution in [0.25, 0.3) is 0 Å². The van der Waals surface area contributed by atoms with Crippen molar-refractivity contribution >= 4 is 40.7 Å². The highest BCUT2D eigenvalue weighted by molar-refractivity contribution is 6.42. The third kappa shape index (κ3) is 7.68. The number of amides is 2. The van der Waals surface area contributed by atoms with Crippen LogP contribution in [0.4, 0.5) is 5.69 Å². The molecule has 1 unspecified atom stereocenters. The molecule has 1 atom stereocenters. The maximum absolute atomic E-state index is 12.1. The van der Waals surface area contributed by atoms with Crippen molar-refractivity contribution in [3.8, 4) is 0 Å². The van der Waals surface area contributed by atoms with E-state index in [1.54, 1.807) is 18.2 Å². The summed E-state index contributed by atoms with van der Waals surface area (Å²) in [7, 11) is 0. The van der Waals surface area contributed by atoms with Crippen molar-refractivity contribution in [3.63, 3.8) is 0 Å². The van der Waals surface area contributed by atoms with Crippen LogP contribution < -0.4 is 15.5 Å². The van der Waals surface area contributed by atoms with Crippen LogP contribution >= 0.6 is 23.2 Å². The fourth-order valence-electron chi connectivity index (χ4n) is 2.01. The van der Waals surface area contributed by atoms with Crippen LogP contribution in [-0.4, -0.2) is 37.0 Å². The molecule has 0 heterocycles. The summed E-state index contributed by atoms with van der Waals surface area (Å²) in [5.41, 5.74) is 0.303. The Morgan fingerprint density at radius 2 is 1.70 bits per heavy atom. The number of benzene rings is 1. The van der Waals surface area contributed by atoms with Gasteiger partial charge in [-0.05, 0) is 45.9 Å². The molecule has 0 bridgehead atoms. The summed E-state index contributed by atoms with van der Waals surface area (Å²) in [6, 6.07) is 4.91. The van der Waals surface area contributed by atoms with Gasteiger partial charge < -0.3 is 15.5 Å². The van der Waals surface area contributed by atoms with Crippen molar-refractivity contribution in [1.29, 1.82) is 0 Å². The number of hydrogen-bond donors (Lipinski definition) is 3. The molecule has 1 aromatic rings. The second-order valence-electron chi connectivity index (χ2n) is 6.43. The maximum Gasteiger partial charge on any atom is 0.279 e. The van der Waals surface area contributed by atoms with E-state index < -0.39 is 0 Å². The lowest BCUT2D eigenvalue weighted by atomic mass is 10.1. The van der Waals surface area contributed by atoms with E-state index in [1.807, 2.05) is 27.7 Å². The highest BCUT2D eigenvalue weighted by atomic mass is 35.5. The molecule has 7 heteroatoms. The first kappa shape index (κ1) is 19.7. The van der Waals surface area contributed by atoms with E-state index in [0.717, 1.165) is 4.90 Å². The Hall–Kier alpha value is -1.30. The van der Waals surface area contributed by atoms with Gasteiger partial charge >= 0.3 is 0 Å². The molecule has 0 aliphatic rings. The van der Waals surface area contributed by atoms with Crippen molar-refractivity contribution < 1.29 is 14.5 Å². The van der Waals surface area contributed by atoms with Crippen LogP contribution in [0.5, 0.6) is 0 Å². The van der Waals surface area contributed by atoms with Gasteiger partial charge in [-0.2, -0.15) is 0 Å². The minimum absolute atomic E-state index is 0.0725. The Kier molecular flexibility index (Phi) is 7.32. The van der Waals surface area contributed by atoms with Crippen LogP contribution in [0.2, 0.25) is 10.0 Å². The van der Waals surface area contributed by atoms with E-state index in [2.05, 4.69) is 10.6 Å². The summed E-state index contributed by atoms with van der Waals surface area (Å²) >= 11 is 11.8. The van der Waals surface area contributed by atoms with E-state index in [0.29, 0.717) is 22.3 Å². The second kappa shape index (κ2) is 8.52. The molecule has 0 saturated heterocycles. The molecule has 0 aromatic heterocycles. The van der Waals surface area contributed by atoms with Gasteiger partial charge in [-0.1, -0.05) is 23.2 Å². The number of likely N-dealkylation sites (N-methyl/N-ethyl adjacent to an activating group) is 1. The predicted molar refractivity (Wildman–Crippen MR) is 94.2 cm³/mol. The fraction of sp³-hybridized carbons (Fsp3) is 0.500. The van der Waals surface area contributed by atoms with E-state index in [1.165, 1.54) is 0 Å². The topological polar surface area (TPSA) is 62.6 Å². The minimum atomic E-state index is -0.280. The van der Waals surface area contributed by atoms with Gasteiger partial charge in [0.1, 0.15) is 0 Å². The summed E-state index contributed by atoms with van der Waals surface area (Å²) < 4.78 is 0. The van der Waals surface area contributed by atoms with E-state index >= 15 is 0 Å². The van der Waals surface area contributed by atoms with Crippen molar-refractivity contribution in [2.24, 2.45) is 0 Å². The number of carbonyl (C=O) groups is 2. The summed E-state index contributed by atoms with van der Waals surface area (Å²) in [5.74, 6) is -0.250. The molecular weight excluding hydrogens is 337 g/mol. The molecule has 23 heavy (non-hydrogen) atoms. The van der Waals surface area contributed by atoms with Gasteiger partial charge in [-0.15, -0.1) is 0 Å². The van der Waals surface area contributed by atoms with Crippen LogP contribution in [0.15, 0.2) is 18.2 Å². The Labute approximate surface area is 147 Å². The van der Waals surface area contributed by atoms with Crippen molar-refractivity contribution in [3.05, 3.63) is 28.2 Å². The van der Waals surface area contributed by atoms with E-state index in [4.69, 9.17) is 23.2 Å². The Bertz CT molecular complexity index is 571. The molecule has 0 fully saturated rings. The predicted octanol–water partition coefficient (Wildman–Crippen LogP) is 1.75. The monoisotopic (exact) mass is 360 g/mol. The minimum Gasteiger partial charge on any atom is -0.347 e. The summed E-state index contributed by atoms with van der Waals surface area (Å²) in [6.45, 7) is 8.84. The normalized spacial score (nSPS) is 12.6. The average Bonchev–Trinajstić information content (AvgIpc) is 2.40. The molecular formula is C16H24Cl2N3O2+. The molecule has 1 aromatic carbocycles. The summed E-state index contributed by atoms with van der Waals surface area (Å²) in [5, 5.41) is 6.48. The van der Waals surface area contributed by atoms with Crippen molar-refractivity contribution in [1.82, 2.24) is 5.32 Å². The molecule has 0 radical (unpaired) electrons. The maximum atomic E-state index is 12.1. The van der Waals surface area contributed by atoms with Gasteiger partial charge in [0.15, 0.2) is 13.1 Å². The number of halogens is 2. The van der Waals surface area contributed by atoms with Crippen molar-refractivity contribution in [2.75, 3.05) is 25.0 Å². The van der Waals surface area contributed by atoms with Crippen LogP contribution in [0.1, 0.15) is 27.7 Å². The lowest BCUT2D eigenvalue weighted by Gasteiger charge is -2.23. The molecule has 128 valence electrons. The van der Waals surface area contributed by atoms with Gasteiger partial charge in [0.05, 0.1) is 16.6 Å². The zero-order chi connectivity index (χ0) is 17.6. The largest absolute Gasteiger partial charge is 0.347 e. The Morgan fingerprint density at radius 1 is 1.09 bits per heavy atom. The molecule has 2 amide bonds.